The second kappa shape index (κ2) is 3.10. The lowest BCUT2D eigenvalue weighted by atomic mass is 10.5. The van der Waals surface area contributed by atoms with E-state index < -0.39 is 0 Å². The topological polar surface area (TPSA) is 16.4 Å². The van der Waals surface area contributed by atoms with Gasteiger partial charge in [-0.1, -0.05) is 0 Å². The van der Waals surface area contributed by atoms with E-state index in [4.69, 9.17) is 4.42 Å². The molecule has 0 unspecified atom stereocenters. The van der Waals surface area contributed by atoms with Gasteiger partial charge in [-0.2, -0.15) is 0 Å². The van der Waals surface area contributed by atoms with Gasteiger partial charge < -0.3 is 9.32 Å². The Morgan fingerprint density at radius 1 is 1.60 bits per heavy atom. The third kappa shape index (κ3) is 1.53. The summed E-state index contributed by atoms with van der Waals surface area (Å²) in [5.41, 5.74) is 0. The van der Waals surface area contributed by atoms with Gasteiger partial charge in [0.05, 0.1) is 0 Å². The Labute approximate surface area is 68.9 Å². The van der Waals surface area contributed by atoms with Gasteiger partial charge in [0.25, 0.3) is 0 Å². The molecular formula is C7H10BrNO. The maximum absolute atomic E-state index is 5.28. The highest BCUT2D eigenvalue weighted by Crippen LogP contribution is 2.20. The van der Waals surface area contributed by atoms with Crippen LogP contribution in [0.3, 0.4) is 0 Å². The number of nitrogens with zero attached hydrogens (tertiary/aromatic N) is 1. The van der Waals surface area contributed by atoms with Gasteiger partial charge in [-0.05, 0) is 28.9 Å². The predicted molar refractivity (Wildman–Crippen MR) is 45.4 cm³/mol. The van der Waals surface area contributed by atoms with Crippen molar-refractivity contribution in [2.45, 2.75) is 6.92 Å². The van der Waals surface area contributed by atoms with Crippen LogP contribution in [0, 0.1) is 0 Å². The molecule has 0 aliphatic carbocycles. The Morgan fingerprint density at radius 2 is 2.30 bits per heavy atom. The minimum Gasteiger partial charge on any atom is -0.434 e. The maximum atomic E-state index is 5.28. The molecule has 0 saturated carbocycles. The number of hydrogen-bond donors (Lipinski definition) is 0. The molecule has 0 aromatic carbocycles. The van der Waals surface area contributed by atoms with E-state index in [1.54, 1.807) is 0 Å². The van der Waals surface area contributed by atoms with Gasteiger partial charge in [-0.3, -0.25) is 0 Å². The molecule has 1 rings (SSSR count). The maximum Gasteiger partial charge on any atom is 0.196 e. The van der Waals surface area contributed by atoms with E-state index >= 15 is 0 Å². The highest BCUT2D eigenvalue weighted by atomic mass is 79.9. The molecule has 56 valence electrons. The van der Waals surface area contributed by atoms with Gasteiger partial charge in [0.15, 0.2) is 10.6 Å². The smallest absolute Gasteiger partial charge is 0.196 e. The zero-order chi connectivity index (χ0) is 7.56. The molecule has 3 heteroatoms. The summed E-state index contributed by atoms with van der Waals surface area (Å²) in [5, 5.41) is 0. The van der Waals surface area contributed by atoms with Gasteiger partial charge in [0.2, 0.25) is 0 Å². The van der Waals surface area contributed by atoms with Crippen molar-refractivity contribution >= 4 is 21.8 Å². The monoisotopic (exact) mass is 203 g/mol. The van der Waals surface area contributed by atoms with Crippen molar-refractivity contribution in [3.05, 3.63) is 16.8 Å². The minimum atomic E-state index is 0.780. The molecule has 0 aliphatic rings. The summed E-state index contributed by atoms with van der Waals surface area (Å²) < 4.78 is 6.06. The van der Waals surface area contributed by atoms with Crippen molar-refractivity contribution < 1.29 is 4.42 Å². The SMILES string of the molecule is CCN(C)c1ccc(Br)o1. The van der Waals surface area contributed by atoms with Gasteiger partial charge in [-0.15, -0.1) is 0 Å². The van der Waals surface area contributed by atoms with Gasteiger partial charge in [0, 0.05) is 19.7 Å². The Balaban J connectivity index is 2.74. The van der Waals surface area contributed by atoms with Crippen LogP contribution in [0.1, 0.15) is 6.92 Å². The van der Waals surface area contributed by atoms with Crippen LogP contribution < -0.4 is 4.90 Å². The highest BCUT2D eigenvalue weighted by molar-refractivity contribution is 9.10. The lowest BCUT2D eigenvalue weighted by Crippen LogP contribution is -2.14. The third-order valence-electron chi connectivity index (χ3n) is 1.41. The summed E-state index contributed by atoms with van der Waals surface area (Å²) in [7, 11) is 1.99. The second-order valence-corrected chi connectivity index (χ2v) is 2.87. The first kappa shape index (κ1) is 7.66. The summed E-state index contributed by atoms with van der Waals surface area (Å²) >= 11 is 3.24. The predicted octanol–water partition coefficient (Wildman–Crippen LogP) is 2.50. The number of hydrogen-bond acceptors (Lipinski definition) is 2. The van der Waals surface area contributed by atoms with Crippen molar-refractivity contribution in [3.63, 3.8) is 0 Å². The van der Waals surface area contributed by atoms with Crippen LogP contribution in [0.4, 0.5) is 5.88 Å². The Kier molecular flexibility index (Phi) is 2.38. The Hall–Kier alpha value is -0.440. The summed E-state index contributed by atoms with van der Waals surface area (Å²) in [6.07, 6.45) is 0. The van der Waals surface area contributed by atoms with Crippen LogP contribution in [0.25, 0.3) is 0 Å². The Bertz CT molecular complexity index is 209. The average Bonchev–Trinajstić information content (AvgIpc) is 2.34. The van der Waals surface area contributed by atoms with Crippen molar-refractivity contribution in [2.24, 2.45) is 0 Å². The van der Waals surface area contributed by atoms with E-state index in [1.807, 2.05) is 24.1 Å². The summed E-state index contributed by atoms with van der Waals surface area (Å²) in [4.78, 5) is 2.03. The quantitative estimate of drug-likeness (QED) is 0.735. The molecule has 0 atom stereocenters. The van der Waals surface area contributed by atoms with Crippen molar-refractivity contribution in [1.82, 2.24) is 0 Å². The van der Waals surface area contributed by atoms with Crippen LogP contribution in [-0.2, 0) is 0 Å². The standard InChI is InChI=1S/C7H10BrNO/c1-3-9(2)7-5-4-6(8)10-7/h4-5H,3H2,1-2H3. The first-order valence-electron chi connectivity index (χ1n) is 3.20. The van der Waals surface area contributed by atoms with E-state index in [0.29, 0.717) is 0 Å². The first-order valence-corrected chi connectivity index (χ1v) is 4.00. The molecule has 1 aromatic rings. The average molecular weight is 204 g/mol. The Morgan fingerprint density at radius 3 is 2.70 bits per heavy atom. The molecule has 1 aromatic heterocycles. The van der Waals surface area contributed by atoms with Gasteiger partial charge >= 0.3 is 0 Å². The zero-order valence-corrected chi connectivity index (χ0v) is 7.68. The van der Waals surface area contributed by atoms with Crippen LogP contribution in [0.2, 0.25) is 0 Å². The third-order valence-corrected chi connectivity index (χ3v) is 1.84. The molecule has 0 spiro atoms. The molecule has 0 amide bonds. The van der Waals surface area contributed by atoms with Crippen LogP contribution >= 0.6 is 15.9 Å². The molecule has 2 nitrogen and oxygen atoms in total. The van der Waals surface area contributed by atoms with Crippen molar-refractivity contribution in [2.75, 3.05) is 18.5 Å². The lowest BCUT2D eigenvalue weighted by Gasteiger charge is -2.11. The fraction of sp³-hybridized carbons (Fsp3) is 0.429. The van der Waals surface area contributed by atoms with E-state index in [-0.39, 0.29) is 0 Å². The van der Waals surface area contributed by atoms with Gasteiger partial charge in [-0.25, -0.2) is 0 Å². The normalized spacial score (nSPS) is 9.90. The minimum absolute atomic E-state index is 0.780. The van der Waals surface area contributed by atoms with Crippen molar-refractivity contribution in [3.8, 4) is 0 Å². The molecule has 0 aliphatic heterocycles. The van der Waals surface area contributed by atoms with E-state index in [0.717, 1.165) is 17.1 Å². The number of halogens is 1. The lowest BCUT2D eigenvalue weighted by molar-refractivity contribution is 0.535. The van der Waals surface area contributed by atoms with Crippen molar-refractivity contribution in [1.29, 1.82) is 0 Å². The number of anilines is 1. The second-order valence-electron chi connectivity index (χ2n) is 2.09. The van der Waals surface area contributed by atoms with E-state index in [1.165, 1.54) is 0 Å². The van der Waals surface area contributed by atoms with Gasteiger partial charge in [0.1, 0.15) is 0 Å². The summed E-state index contributed by atoms with van der Waals surface area (Å²) in [6, 6.07) is 3.83. The zero-order valence-electron chi connectivity index (χ0n) is 6.10. The molecule has 0 radical (unpaired) electrons. The molecule has 0 bridgehead atoms. The van der Waals surface area contributed by atoms with E-state index in [2.05, 4.69) is 22.9 Å². The molecule has 1 heterocycles. The van der Waals surface area contributed by atoms with Crippen LogP contribution in [0.5, 0.6) is 0 Å². The van der Waals surface area contributed by atoms with Crippen LogP contribution in [0.15, 0.2) is 21.2 Å². The largest absolute Gasteiger partial charge is 0.434 e. The molecular weight excluding hydrogens is 194 g/mol. The fourth-order valence-electron chi connectivity index (χ4n) is 0.666. The molecule has 10 heavy (non-hydrogen) atoms. The first-order chi connectivity index (χ1) is 4.74. The molecule has 0 saturated heterocycles. The number of furan rings is 1. The molecule has 0 N–H and O–H groups in total. The van der Waals surface area contributed by atoms with E-state index in [9.17, 15) is 0 Å². The fourth-order valence-corrected chi connectivity index (χ4v) is 0.964. The number of rotatable bonds is 2. The molecule has 0 fully saturated rings. The highest BCUT2D eigenvalue weighted by Gasteiger charge is 2.01. The summed E-state index contributed by atoms with van der Waals surface area (Å²) in [5.74, 6) is 0.898. The summed E-state index contributed by atoms with van der Waals surface area (Å²) in [6.45, 7) is 3.04. The van der Waals surface area contributed by atoms with Crippen LogP contribution in [-0.4, -0.2) is 13.6 Å².